The number of halogens is 1. The number of hydrogen-bond acceptors (Lipinski definition) is 8. The molecule has 2 N–H and O–H groups in total. The van der Waals surface area contributed by atoms with Crippen molar-refractivity contribution >= 4 is 52.2 Å². The van der Waals surface area contributed by atoms with Gasteiger partial charge in [0.2, 0.25) is 5.65 Å². The Morgan fingerprint density at radius 1 is 0.951 bits per heavy atom. The number of aromatic nitrogens is 4. The van der Waals surface area contributed by atoms with Gasteiger partial charge in [0.25, 0.3) is 5.91 Å². The maximum Gasteiger partial charge on any atom is 0.251 e. The van der Waals surface area contributed by atoms with E-state index in [4.69, 9.17) is 9.72 Å². The van der Waals surface area contributed by atoms with E-state index in [9.17, 15) is 4.79 Å². The molecule has 0 aliphatic carbocycles. The monoisotopic (exact) mass is 572 g/mol. The molecule has 2 aromatic heterocycles. The number of nitrogens with zero attached hydrogens (tertiary/aromatic N) is 6. The second-order valence-electron chi connectivity index (χ2n) is 9.81. The lowest BCUT2D eigenvalue weighted by Gasteiger charge is -2.36. The van der Waals surface area contributed by atoms with Crippen LogP contribution in [0.1, 0.15) is 16.8 Å². The van der Waals surface area contributed by atoms with Crippen LogP contribution in [0.3, 0.4) is 0 Å². The Hall–Kier alpha value is -4.41. The molecule has 41 heavy (non-hydrogen) atoms. The van der Waals surface area contributed by atoms with Gasteiger partial charge in [-0.2, -0.15) is 0 Å². The molecule has 1 aliphatic rings. The fraction of sp³-hybridized carbons (Fsp3) is 0.267. The van der Waals surface area contributed by atoms with E-state index in [0.29, 0.717) is 23.6 Å². The van der Waals surface area contributed by atoms with Gasteiger partial charge < -0.3 is 20.3 Å². The van der Waals surface area contributed by atoms with Gasteiger partial charge in [-0.1, -0.05) is 12.1 Å². The number of ether oxygens (including phenoxy) is 1. The largest absolute Gasteiger partial charge is 0.497 e. The number of amides is 1. The second kappa shape index (κ2) is 12.8. The molecule has 0 atom stereocenters. The normalized spacial score (nSPS) is 13.6. The minimum atomic E-state index is -0.0699. The maximum absolute atomic E-state index is 12.7. The molecule has 0 saturated carbocycles. The summed E-state index contributed by atoms with van der Waals surface area (Å²) in [6.45, 7) is 5.63. The first-order valence-corrected chi connectivity index (χ1v) is 13.5. The van der Waals surface area contributed by atoms with Crippen molar-refractivity contribution in [1.29, 1.82) is 0 Å². The molecule has 1 saturated heterocycles. The summed E-state index contributed by atoms with van der Waals surface area (Å²) < 4.78 is 7.17. The van der Waals surface area contributed by atoms with Crippen molar-refractivity contribution in [3.8, 4) is 5.75 Å². The molecular weight excluding hydrogens is 540 g/mol. The summed E-state index contributed by atoms with van der Waals surface area (Å²) in [4.78, 5) is 22.3. The lowest BCUT2D eigenvalue weighted by molar-refractivity contribution is 0.0951. The standard InChI is InChI=1S/C30H32N8O2.ClH/c1-40-25-13-11-24(12-14-25)37-19-17-36(18-20-37)16-4-15-31-30(39)22-7-9-23(10-8-22)33-28-29-35-32-21-38(29)27-6-3-2-5-26(27)34-28;/h2-3,5-14,21H,4,15-20H2,1H3,(H,31,39)(H,33,34);1H. The number of anilines is 3. The van der Waals surface area contributed by atoms with Crippen LogP contribution in [-0.2, 0) is 0 Å². The van der Waals surface area contributed by atoms with Crippen LogP contribution in [0.2, 0.25) is 0 Å². The Morgan fingerprint density at radius 2 is 1.71 bits per heavy atom. The number of fused-ring (bicyclic) bond motifs is 3. The zero-order valence-electron chi connectivity index (χ0n) is 22.9. The number of para-hydroxylation sites is 2. The molecule has 0 unspecified atom stereocenters. The first kappa shape index (κ1) is 28.1. The fourth-order valence-electron chi connectivity index (χ4n) is 5.06. The summed E-state index contributed by atoms with van der Waals surface area (Å²) in [6.07, 6.45) is 2.59. The van der Waals surface area contributed by atoms with Gasteiger partial charge in [-0.05, 0) is 73.6 Å². The van der Waals surface area contributed by atoms with Crippen LogP contribution in [0, 0.1) is 0 Å². The molecular formula is C30H33ClN8O2. The summed E-state index contributed by atoms with van der Waals surface area (Å²) in [5.41, 5.74) is 5.09. The highest BCUT2D eigenvalue weighted by Crippen LogP contribution is 2.24. The number of hydrogen-bond donors (Lipinski definition) is 2. The second-order valence-corrected chi connectivity index (χ2v) is 9.81. The third-order valence-corrected chi connectivity index (χ3v) is 7.29. The van der Waals surface area contributed by atoms with Crippen LogP contribution >= 0.6 is 12.4 Å². The van der Waals surface area contributed by atoms with Gasteiger partial charge >= 0.3 is 0 Å². The summed E-state index contributed by atoms with van der Waals surface area (Å²) in [7, 11) is 1.69. The zero-order valence-corrected chi connectivity index (χ0v) is 23.7. The van der Waals surface area contributed by atoms with Crippen LogP contribution in [-0.4, -0.2) is 76.8 Å². The quantitative estimate of drug-likeness (QED) is 0.251. The SMILES string of the molecule is COc1ccc(N2CCN(CCCNC(=O)c3ccc(Nc4nc5ccccc5n5cnnc45)cc3)CC2)cc1.Cl. The highest BCUT2D eigenvalue weighted by Gasteiger charge is 2.17. The average molecular weight is 573 g/mol. The van der Waals surface area contributed by atoms with E-state index in [2.05, 4.69) is 42.8 Å². The fourth-order valence-corrected chi connectivity index (χ4v) is 5.06. The molecule has 1 fully saturated rings. The number of nitrogens with one attached hydrogen (secondary N) is 2. The van der Waals surface area contributed by atoms with Gasteiger partial charge in [-0.3, -0.25) is 14.1 Å². The predicted molar refractivity (Wildman–Crippen MR) is 164 cm³/mol. The lowest BCUT2D eigenvalue weighted by atomic mass is 10.2. The van der Waals surface area contributed by atoms with Crippen LogP contribution in [0.25, 0.3) is 16.7 Å². The highest BCUT2D eigenvalue weighted by molar-refractivity contribution is 5.94. The van der Waals surface area contributed by atoms with Crippen molar-refractivity contribution in [1.82, 2.24) is 29.8 Å². The van der Waals surface area contributed by atoms with E-state index in [1.165, 1.54) is 5.69 Å². The van der Waals surface area contributed by atoms with Gasteiger partial charge in [0, 0.05) is 49.7 Å². The molecule has 3 heterocycles. The average Bonchev–Trinajstić information content (AvgIpc) is 3.51. The molecule has 1 amide bonds. The van der Waals surface area contributed by atoms with Crippen molar-refractivity contribution in [2.24, 2.45) is 0 Å². The molecule has 11 heteroatoms. The molecule has 212 valence electrons. The molecule has 0 spiro atoms. The Labute approximate surface area is 244 Å². The van der Waals surface area contributed by atoms with Gasteiger partial charge in [0.05, 0.1) is 18.1 Å². The topological polar surface area (TPSA) is 99.9 Å². The van der Waals surface area contributed by atoms with E-state index < -0.39 is 0 Å². The third kappa shape index (κ3) is 6.34. The highest BCUT2D eigenvalue weighted by atomic mass is 35.5. The minimum Gasteiger partial charge on any atom is -0.497 e. The molecule has 10 nitrogen and oxygen atoms in total. The third-order valence-electron chi connectivity index (χ3n) is 7.29. The number of methoxy groups -OCH3 is 1. The van der Waals surface area contributed by atoms with Gasteiger partial charge in [0.15, 0.2) is 5.82 Å². The van der Waals surface area contributed by atoms with Crippen molar-refractivity contribution in [2.75, 3.05) is 56.6 Å². The zero-order chi connectivity index (χ0) is 27.3. The van der Waals surface area contributed by atoms with Gasteiger partial charge in [-0.15, -0.1) is 22.6 Å². The predicted octanol–water partition coefficient (Wildman–Crippen LogP) is 4.39. The van der Waals surface area contributed by atoms with Crippen molar-refractivity contribution < 1.29 is 9.53 Å². The van der Waals surface area contributed by atoms with Crippen molar-refractivity contribution in [3.05, 3.63) is 84.7 Å². The van der Waals surface area contributed by atoms with Crippen LogP contribution in [0.15, 0.2) is 79.1 Å². The van der Waals surface area contributed by atoms with Crippen molar-refractivity contribution in [2.45, 2.75) is 6.42 Å². The molecule has 0 radical (unpaired) electrons. The first-order chi connectivity index (χ1) is 19.7. The van der Waals surface area contributed by atoms with Crippen LogP contribution in [0.5, 0.6) is 5.75 Å². The first-order valence-electron chi connectivity index (χ1n) is 13.5. The van der Waals surface area contributed by atoms with E-state index in [0.717, 1.165) is 61.6 Å². The Bertz CT molecular complexity index is 1600. The van der Waals surface area contributed by atoms with Crippen LogP contribution < -0.4 is 20.3 Å². The van der Waals surface area contributed by atoms with Crippen LogP contribution in [0.4, 0.5) is 17.2 Å². The lowest BCUT2D eigenvalue weighted by Crippen LogP contribution is -2.47. The summed E-state index contributed by atoms with van der Waals surface area (Å²) in [5, 5.41) is 14.6. The molecule has 5 aromatic rings. The Balaban J connectivity index is 0.00000337. The van der Waals surface area contributed by atoms with E-state index in [1.807, 2.05) is 65.1 Å². The van der Waals surface area contributed by atoms with Gasteiger partial charge in [0.1, 0.15) is 12.1 Å². The molecule has 3 aromatic carbocycles. The minimum absolute atomic E-state index is 0. The number of rotatable bonds is 9. The number of carbonyl (C=O) groups excluding carboxylic acids is 1. The molecule has 6 rings (SSSR count). The van der Waals surface area contributed by atoms with E-state index in [1.54, 1.807) is 13.4 Å². The summed E-state index contributed by atoms with van der Waals surface area (Å²) >= 11 is 0. The molecule has 1 aliphatic heterocycles. The Morgan fingerprint density at radius 3 is 2.46 bits per heavy atom. The summed E-state index contributed by atoms with van der Waals surface area (Å²) in [5.74, 6) is 1.42. The Kier molecular flexibility index (Phi) is 8.81. The summed E-state index contributed by atoms with van der Waals surface area (Å²) in [6, 6.07) is 23.5. The van der Waals surface area contributed by atoms with Gasteiger partial charge in [-0.25, -0.2) is 4.98 Å². The van der Waals surface area contributed by atoms with Crippen molar-refractivity contribution in [3.63, 3.8) is 0 Å². The van der Waals surface area contributed by atoms with E-state index >= 15 is 0 Å². The number of benzene rings is 3. The molecule has 0 bridgehead atoms. The number of carbonyl (C=O) groups is 1. The smallest absolute Gasteiger partial charge is 0.251 e. The maximum atomic E-state index is 12.7. The van der Waals surface area contributed by atoms with E-state index in [-0.39, 0.29) is 18.3 Å². The number of piperazine rings is 1.